The van der Waals surface area contributed by atoms with Crippen LogP contribution in [0.1, 0.15) is 57.9 Å². The van der Waals surface area contributed by atoms with Gasteiger partial charge in [-0.3, -0.25) is 29.4 Å². The molecule has 3 heterocycles. The van der Waals surface area contributed by atoms with Gasteiger partial charge in [-0.25, -0.2) is 0 Å². The monoisotopic (exact) mass is 341 g/mol. The third-order valence-electron chi connectivity index (χ3n) is 5.28. The second kappa shape index (κ2) is 6.07. The summed E-state index contributed by atoms with van der Waals surface area (Å²) >= 11 is 0. The van der Waals surface area contributed by atoms with Crippen molar-refractivity contribution < 1.29 is 19.2 Å². The van der Waals surface area contributed by atoms with E-state index in [4.69, 9.17) is 0 Å². The van der Waals surface area contributed by atoms with E-state index in [2.05, 4.69) is 10.6 Å². The molecular formula is C18H19N3O4. The first-order valence-corrected chi connectivity index (χ1v) is 8.63. The van der Waals surface area contributed by atoms with Crippen molar-refractivity contribution in [1.29, 1.82) is 0 Å². The summed E-state index contributed by atoms with van der Waals surface area (Å²) in [5, 5.41) is 5.52. The predicted octanol–water partition coefficient (Wildman–Crippen LogP) is 0.555. The number of nitrogens with one attached hydrogen (secondary N) is 2. The van der Waals surface area contributed by atoms with E-state index in [1.165, 1.54) is 0 Å². The summed E-state index contributed by atoms with van der Waals surface area (Å²) in [7, 11) is 0. The van der Waals surface area contributed by atoms with Gasteiger partial charge in [0.15, 0.2) is 0 Å². The Kier molecular flexibility index (Phi) is 3.88. The normalized spacial score (nSPS) is 24.5. The lowest BCUT2D eigenvalue weighted by Crippen LogP contribution is -2.54. The van der Waals surface area contributed by atoms with Gasteiger partial charge < -0.3 is 5.32 Å². The molecule has 0 spiro atoms. The van der Waals surface area contributed by atoms with Gasteiger partial charge in [0, 0.05) is 6.42 Å². The molecule has 4 amide bonds. The Bertz CT molecular complexity index is 783. The van der Waals surface area contributed by atoms with Crippen molar-refractivity contribution in [3.8, 4) is 0 Å². The number of rotatable bonds is 2. The van der Waals surface area contributed by atoms with Gasteiger partial charge in [-0.15, -0.1) is 0 Å². The van der Waals surface area contributed by atoms with E-state index in [1.807, 2.05) is 6.07 Å². The summed E-state index contributed by atoms with van der Waals surface area (Å²) in [4.78, 5) is 50.3. The van der Waals surface area contributed by atoms with Gasteiger partial charge >= 0.3 is 0 Å². The molecule has 0 aromatic heterocycles. The molecule has 3 aliphatic heterocycles. The molecule has 0 radical (unpaired) electrons. The lowest BCUT2D eigenvalue weighted by molar-refractivity contribution is -0.136. The second-order valence-electron chi connectivity index (χ2n) is 6.74. The predicted molar refractivity (Wildman–Crippen MR) is 88.0 cm³/mol. The van der Waals surface area contributed by atoms with Crippen LogP contribution in [0.4, 0.5) is 0 Å². The van der Waals surface area contributed by atoms with Crippen LogP contribution in [-0.2, 0) is 9.59 Å². The van der Waals surface area contributed by atoms with Crippen LogP contribution in [0.15, 0.2) is 18.2 Å². The van der Waals surface area contributed by atoms with E-state index in [0.717, 1.165) is 36.4 Å². The maximum absolute atomic E-state index is 13.0. The highest BCUT2D eigenvalue weighted by molar-refractivity contribution is 6.24. The van der Waals surface area contributed by atoms with E-state index in [-0.39, 0.29) is 24.7 Å². The van der Waals surface area contributed by atoms with Crippen LogP contribution in [0, 0.1) is 0 Å². The average molecular weight is 341 g/mol. The number of hydrogen-bond donors (Lipinski definition) is 2. The standard InChI is InChI=1S/C18H19N3O4/c22-14-5-4-13(16(23)20-14)21-17(24)12-3-1-2-11(15(12)18(21)25)10-6-8-19-9-7-10/h1-3,10,13,19H,4-9H2,(H,20,22,23). The van der Waals surface area contributed by atoms with Crippen LogP contribution >= 0.6 is 0 Å². The quantitative estimate of drug-likeness (QED) is 0.766. The summed E-state index contributed by atoms with van der Waals surface area (Å²) in [6, 6.07) is 4.45. The van der Waals surface area contributed by atoms with E-state index >= 15 is 0 Å². The fourth-order valence-electron chi connectivity index (χ4n) is 4.01. The number of fused-ring (bicyclic) bond motifs is 1. The zero-order chi connectivity index (χ0) is 17.6. The van der Waals surface area contributed by atoms with Crippen LogP contribution in [0.3, 0.4) is 0 Å². The zero-order valence-electron chi connectivity index (χ0n) is 13.7. The minimum absolute atomic E-state index is 0.130. The molecule has 4 rings (SSSR count). The van der Waals surface area contributed by atoms with Crippen molar-refractivity contribution in [2.24, 2.45) is 0 Å². The van der Waals surface area contributed by atoms with Crippen LogP contribution in [0.5, 0.6) is 0 Å². The fraction of sp³-hybridized carbons (Fsp3) is 0.444. The summed E-state index contributed by atoms with van der Waals surface area (Å²) in [5.74, 6) is -1.56. The van der Waals surface area contributed by atoms with E-state index in [9.17, 15) is 19.2 Å². The van der Waals surface area contributed by atoms with Gasteiger partial charge in [-0.1, -0.05) is 12.1 Å². The summed E-state index contributed by atoms with van der Waals surface area (Å²) < 4.78 is 0. The molecule has 2 fully saturated rings. The van der Waals surface area contributed by atoms with Crippen molar-refractivity contribution in [2.75, 3.05) is 13.1 Å². The lowest BCUT2D eigenvalue weighted by Gasteiger charge is -2.28. The Morgan fingerprint density at radius 2 is 1.72 bits per heavy atom. The van der Waals surface area contributed by atoms with Gasteiger partial charge in [0.05, 0.1) is 11.1 Å². The highest BCUT2D eigenvalue weighted by Crippen LogP contribution is 2.35. The minimum Gasteiger partial charge on any atom is -0.317 e. The van der Waals surface area contributed by atoms with Gasteiger partial charge in [0.1, 0.15) is 6.04 Å². The summed E-state index contributed by atoms with van der Waals surface area (Å²) in [6.07, 6.45) is 2.14. The number of nitrogens with zero attached hydrogens (tertiary/aromatic N) is 1. The molecule has 7 heteroatoms. The number of piperidine rings is 2. The first-order valence-electron chi connectivity index (χ1n) is 8.63. The highest BCUT2D eigenvalue weighted by atomic mass is 16.2. The molecule has 130 valence electrons. The number of amides is 4. The number of carbonyl (C=O) groups is 4. The Labute approximate surface area is 144 Å². The van der Waals surface area contributed by atoms with Crippen LogP contribution in [-0.4, -0.2) is 47.7 Å². The maximum Gasteiger partial charge on any atom is 0.262 e. The average Bonchev–Trinajstić information content (AvgIpc) is 2.87. The maximum atomic E-state index is 13.0. The number of hydrogen-bond acceptors (Lipinski definition) is 5. The molecule has 1 aromatic rings. The first-order chi connectivity index (χ1) is 12.1. The Morgan fingerprint density at radius 3 is 2.44 bits per heavy atom. The Morgan fingerprint density at radius 1 is 0.960 bits per heavy atom. The molecule has 0 bridgehead atoms. The van der Waals surface area contributed by atoms with Gasteiger partial charge in [-0.05, 0) is 49.9 Å². The van der Waals surface area contributed by atoms with Gasteiger partial charge in [-0.2, -0.15) is 0 Å². The Balaban J connectivity index is 1.70. The number of carbonyl (C=O) groups excluding carboxylic acids is 4. The van der Waals surface area contributed by atoms with Crippen molar-refractivity contribution in [3.63, 3.8) is 0 Å². The SMILES string of the molecule is O=C1CCC(N2C(=O)c3cccc(C4CCNCC4)c3C2=O)C(=O)N1. The van der Waals surface area contributed by atoms with Crippen LogP contribution < -0.4 is 10.6 Å². The topological polar surface area (TPSA) is 95.6 Å². The van der Waals surface area contributed by atoms with Gasteiger partial charge in [0.2, 0.25) is 11.8 Å². The zero-order valence-corrected chi connectivity index (χ0v) is 13.7. The molecule has 3 aliphatic rings. The molecule has 7 nitrogen and oxygen atoms in total. The summed E-state index contributed by atoms with van der Waals surface area (Å²) in [5.41, 5.74) is 1.70. The molecule has 25 heavy (non-hydrogen) atoms. The number of benzene rings is 1. The lowest BCUT2D eigenvalue weighted by atomic mass is 9.86. The van der Waals surface area contributed by atoms with Crippen LogP contribution in [0.2, 0.25) is 0 Å². The molecule has 2 N–H and O–H groups in total. The molecule has 0 aliphatic carbocycles. The van der Waals surface area contributed by atoms with Gasteiger partial charge in [0.25, 0.3) is 11.8 Å². The van der Waals surface area contributed by atoms with Crippen LogP contribution in [0.25, 0.3) is 0 Å². The van der Waals surface area contributed by atoms with Crippen molar-refractivity contribution >= 4 is 23.6 Å². The van der Waals surface area contributed by atoms with E-state index in [1.54, 1.807) is 12.1 Å². The smallest absolute Gasteiger partial charge is 0.262 e. The molecule has 1 aromatic carbocycles. The second-order valence-corrected chi connectivity index (χ2v) is 6.74. The molecular weight excluding hydrogens is 322 g/mol. The van der Waals surface area contributed by atoms with E-state index in [0.29, 0.717) is 11.1 Å². The summed E-state index contributed by atoms with van der Waals surface area (Å²) in [6.45, 7) is 1.76. The minimum atomic E-state index is -0.911. The first kappa shape index (κ1) is 16.0. The molecule has 1 atom stereocenters. The van der Waals surface area contributed by atoms with Crippen molar-refractivity contribution in [1.82, 2.24) is 15.5 Å². The largest absolute Gasteiger partial charge is 0.317 e. The fourth-order valence-corrected chi connectivity index (χ4v) is 4.01. The molecule has 0 saturated carbocycles. The Hall–Kier alpha value is -2.54. The molecule has 1 unspecified atom stereocenters. The van der Waals surface area contributed by atoms with Crippen molar-refractivity contribution in [2.45, 2.75) is 37.6 Å². The van der Waals surface area contributed by atoms with Crippen molar-refractivity contribution in [3.05, 3.63) is 34.9 Å². The third kappa shape index (κ3) is 2.55. The number of imide groups is 2. The third-order valence-corrected chi connectivity index (χ3v) is 5.28. The van der Waals surface area contributed by atoms with E-state index < -0.39 is 23.8 Å². The highest BCUT2D eigenvalue weighted by Gasteiger charge is 2.46. The molecule has 2 saturated heterocycles.